The Hall–Kier alpha value is -3.02. The van der Waals surface area contributed by atoms with Crippen LogP contribution < -0.4 is 20.3 Å². The number of nitrogens with zero attached hydrogens (tertiary/aromatic N) is 2. The molecule has 1 aliphatic rings. The molecule has 3 rings (SSSR count). The highest BCUT2D eigenvalue weighted by Crippen LogP contribution is 2.27. The van der Waals surface area contributed by atoms with Crippen molar-refractivity contribution in [3.63, 3.8) is 0 Å². The molecular weight excluding hydrogens is 328 g/mol. The first kappa shape index (κ1) is 17.8. The number of carbonyl (C=O) groups excluding carboxylic acids is 1. The molecule has 136 valence electrons. The quantitative estimate of drug-likeness (QED) is 0.473. The van der Waals surface area contributed by atoms with Gasteiger partial charge in [-0.05, 0) is 30.2 Å². The van der Waals surface area contributed by atoms with Crippen LogP contribution in [0.5, 0.6) is 5.75 Å². The Balaban J connectivity index is 1.41. The molecule has 6 nitrogen and oxygen atoms in total. The zero-order valence-electron chi connectivity index (χ0n) is 14.9. The van der Waals surface area contributed by atoms with Crippen molar-refractivity contribution >= 4 is 17.6 Å². The van der Waals surface area contributed by atoms with Gasteiger partial charge in [0.15, 0.2) is 5.96 Å². The molecule has 2 N–H and O–H groups in total. The lowest BCUT2D eigenvalue weighted by Crippen LogP contribution is -2.45. The molecule has 1 amide bonds. The van der Waals surface area contributed by atoms with E-state index < -0.39 is 0 Å². The van der Waals surface area contributed by atoms with E-state index in [1.807, 2.05) is 53.4 Å². The molecule has 0 bridgehead atoms. The van der Waals surface area contributed by atoms with Crippen molar-refractivity contribution < 1.29 is 9.53 Å². The van der Waals surface area contributed by atoms with Crippen LogP contribution in [-0.4, -0.2) is 45.2 Å². The maximum absolute atomic E-state index is 12.5. The fourth-order valence-corrected chi connectivity index (χ4v) is 2.93. The molecule has 0 radical (unpaired) electrons. The number of para-hydroxylation sites is 2. The maximum Gasteiger partial charge on any atom is 0.246 e. The van der Waals surface area contributed by atoms with Gasteiger partial charge in [-0.2, -0.15) is 0 Å². The van der Waals surface area contributed by atoms with Gasteiger partial charge in [-0.15, -0.1) is 0 Å². The van der Waals surface area contributed by atoms with Crippen molar-refractivity contribution in [3.8, 4) is 5.75 Å². The second kappa shape index (κ2) is 8.89. The van der Waals surface area contributed by atoms with Gasteiger partial charge in [-0.1, -0.05) is 36.4 Å². The van der Waals surface area contributed by atoms with Gasteiger partial charge in [-0.3, -0.25) is 9.79 Å². The predicted molar refractivity (Wildman–Crippen MR) is 104 cm³/mol. The average Bonchev–Trinajstić information content (AvgIpc) is 3.12. The van der Waals surface area contributed by atoms with E-state index in [0.717, 1.165) is 24.4 Å². The highest BCUT2D eigenvalue weighted by atomic mass is 16.5. The lowest BCUT2D eigenvalue weighted by atomic mass is 10.2. The molecule has 0 spiro atoms. The van der Waals surface area contributed by atoms with E-state index in [0.29, 0.717) is 19.1 Å². The number of benzene rings is 2. The van der Waals surface area contributed by atoms with Crippen molar-refractivity contribution in [2.24, 2.45) is 4.99 Å². The molecule has 0 unspecified atom stereocenters. The number of aliphatic imine (C=N–C) groups is 1. The standard InChI is InChI=1S/C20H24N4O2/c1-21-20(22-12-14-26-17-8-3-2-4-9-17)23-15-19(25)24-13-11-16-7-5-6-10-18(16)24/h2-10H,11-15H2,1H3,(H2,21,22,23). The van der Waals surface area contributed by atoms with E-state index in [-0.39, 0.29) is 12.5 Å². The molecule has 0 aliphatic carbocycles. The van der Waals surface area contributed by atoms with Crippen molar-refractivity contribution in [1.29, 1.82) is 0 Å². The normalized spacial score (nSPS) is 13.3. The van der Waals surface area contributed by atoms with Crippen LogP contribution in [-0.2, 0) is 11.2 Å². The Morgan fingerprint density at radius 2 is 1.88 bits per heavy atom. The Morgan fingerprint density at radius 1 is 1.12 bits per heavy atom. The van der Waals surface area contributed by atoms with Crippen LogP contribution in [0.3, 0.4) is 0 Å². The second-order valence-corrected chi connectivity index (χ2v) is 5.94. The van der Waals surface area contributed by atoms with Gasteiger partial charge in [0.05, 0.1) is 13.1 Å². The number of anilines is 1. The molecular formula is C20H24N4O2. The molecule has 0 saturated heterocycles. The Bertz CT molecular complexity index is 761. The van der Waals surface area contributed by atoms with E-state index in [4.69, 9.17) is 4.74 Å². The summed E-state index contributed by atoms with van der Waals surface area (Å²) in [4.78, 5) is 18.5. The average molecular weight is 352 g/mol. The third kappa shape index (κ3) is 4.53. The van der Waals surface area contributed by atoms with Crippen LogP contribution in [0.25, 0.3) is 0 Å². The second-order valence-electron chi connectivity index (χ2n) is 5.94. The van der Waals surface area contributed by atoms with Crippen LogP contribution in [0, 0.1) is 0 Å². The van der Waals surface area contributed by atoms with Crippen LogP contribution in [0.4, 0.5) is 5.69 Å². The molecule has 2 aromatic rings. The number of nitrogens with one attached hydrogen (secondary N) is 2. The minimum atomic E-state index is 0.0402. The maximum atomic E-state index is 12.5. The Kier molecular flexibility index (Phi) is 6.09. The number of guanidine groups is 1. The Morgan fingerprint density at radius 3 is 2.69 bits per heavy atom. The van der Waals surface area contributed by atoms with Gasteiger partial charge >= 0.3 is 0 Å². The lowest BCUT2D eigenvalue weighted by Gasteiger charge is -2.19. The van der Waals surface area contributed by atoms with Crippen LogP contribution >= 0.6 is 0 Å². The van der Waals surface area contributed by atoms with Gasteiger partial charge in [0.2, 0.25) is 5.91 Å². The minimum absolute atomic E-state index is 0.0402. The fraction of sp³-hybridized carbons (Fsp3) is 0.300. The molecule has 0 saturated carbocycles. The van der Waals surface area contributed by atoms with Gasteiger partial charge < -0.3 is 20.3 Å². The first-order valence-electron chi connectivity index (χ1n) is 8.78. The SMILES string of the molecule is CN=C(NCCOc1ccccc1)NCC(=O)N1CCc2ccccc21. The minimum Gasteiger partial charge on any atom is -0.492 e. The van der Waals surface area contributed by atoms with Crippen molar-refractivity contribution in [1.82, 2.24) is 10.6 Å². The van der Waals surface area contributed by atoms with Gasteiger partial charge in [-0.25, -0.2) is 0 Å². The monoisotopic (exact) mass is 352 g/mol. The molecule has 6 heteroatoms. The van der Waals surface area contributed by atoms with Crippen LogP contribution in [0.1, 0.15) is 5.56 Å². The summed E-state index contributed by atoms with van der Waals surface area (Å²) in [6, 6.07) is 17.7. The highest BCUT2D eigenvalue weighted by Gasteiger charge is 2.23. The summed E-state index contributed by atoms with van der Waals surface area (Å²) < 4.78 is 5.63. The van der Waals surface area contributed by atoms with Crippen molar-refractivity contribution in [2.45, 2.75) is 6.42 Å². The number of fused-ring (bicyclic) bond motifs is 1. The summed E-state index contributed by atoms with van der Waals surface area (Å²) in [5.41, 5.74) is 2.24. The smallest absolute Gasteiger partial charge is 0.246 e. The number of ether oxygens (including phenoxy) is 1. The van der Waals surface area contributed by atoms with E-state index in [1.54, 1.807) is 7.05 Å². The summed E-state index contributed by atoms with van der Waals surface area (Å²) in [5, 5.41) is 6.22. The van der Waals surface area contributed by atoms with Gasteiger partial charge in [0.25, 0.3) is 0 Å². The predicted octanol–water partition coefficient (Wildman–Crippen LogP) is 1.82. The molecule has 1 heterocycles. The summed E-state index contributed by atoms with van der Waals surface area (Å²) in [7, 11) is 1.68. The number of hydrogen-bond acceptors (Lipinski definition) is 3. The van der Waals surface area contributed by atoms with E-state index in [1.165, 1.54) is 5.56 Å². The summed E-state index contributed by atoms with van der Waals surface area (Å²) in [6.07, 6.45) is 0.908. The number of rotatable bonds is 6. The van der Waals surface area contributed by atoms with E-state index in [2.05, 4.69) is 21.7 Å². The van der Waals surface area contributed by atoms with Crippen molar-refractivity contribution in [2.75, 3.05) is 38.2 Å². The number of hydrogen-bond donors (Lipinski definition) is 2. The molecule has 2 aromatic carbocycles. The van der Waals surface area contributed by atoms with Crippen LogP contribution in [0.2, 0.25) is 0 Å². The summed E-state index contributed by atoms with van der Waals surface area (Å²) in [5.74, 6) is 1.46. The third-order valence-corrected chi connectivity index (χ3v) is 4.23. The topological polar surface area (TPSA) is 66.0 Å². The lowest BCUT2D eigenvalue weighted by molar-refractivity contribution is -0.117. The van der Waals surface area contributed by atoms with E-state index >= 15 is 0 Å². The largest absolute Gasteiger partial charge is 0.492 e. The zero-order valence-corrected chi connectivity index (χ0v) is 14.9. The van der Waals surface area contributed by atoms with E-state index in [9.17, 15) is 4.79 Å². The summed E-state index contributed by atoms with van der Waals surface area (Å²) >= 11 is 0. The molecule has 0 fully saturated rings. The molecule has 0 atom stereocenters. The van der Waals surface area contributed by atoms with Crippen molar-refractivity contribution in [3.05, 3.63) is 60.2 Å². The zero-order chi connectivity index (χ0) is 18.2. The molecule has 26 heavy (non-hydrogen) atoms. The van der Waals surface area contributed by atoms with Gasteiger partial charge in [0, 0.05) is 19.3 Å². The first-order valence-corrected chi connectivity index (χ1v) is 8.78. The first-order chi connectivity index (χ1) is 12.8. The highest BCUT2D eigenvalue weighted by molar-refractivity contribution is 5.98. The molecule has 0 aromatic heterocycles. The molecule has 1 aliphatic heterocycles. The van der Waals surface area contributed by atoms with Gasteiger partial charge in [0.1, 0.15) is 12.4 Å². The Labute approximate surface area is 153 Å². The van der Waals surface area contributed by atoms with Crippen LogP contribution in [0.15, 0.2) is 59.6 Å². The third-order valence-electron chi connectivity index (χ3n) is 4.23. The number of amides is 1. The number of carbonyl (C=O) groups is 1. The fourth-order valence-electron chi connectivity index (χ4n) is 2.93. The summed E-state index contributed by atoms with van der Waals surface area (Å²) in [6.45, 7) is 2.04.